The Labute approximate surface area is 121 Å². The van der Waals surface area contributed by atoms with Crippen molar-refractivity contribution in [3.63, 3.8) is 0 Å². The van der Waals surface area contributed by atoms with Crippen LogP contribution >= 0.6 is 11.6 Å². The zero-order valence-electron chi connectivity index (χ0n) is 11.1. The zero-order valence-corrected chi connectivity index (χ0v) is 11.8. The van der Waals surface area contributed by atoms with Gasteiger partial charge in [0.25, 0.3) is 5.69 Å². The van der Waals surface area contributed by atoms with E-state index in [4.69, 9.17) is 16.3 Å². The molecule has 1 heterocycles. The molecule has 0 atom stereocenters. The number of aromatic nitrogens is 1. The Morgan fingerprint density at radius 1 is 1.35 bits per heavy atom. The average Bonchev–Trinajstić information content (AvgIpc) is 2.42. The molecule has 1 aromatic heterocycles. The van der Waals surface area contributed by atoms with Crippen LogP contribution in [0, 0.1) is 24.0 Å². The van der Waals surface area contributed by atoms with Crippen molar-refractivity contribution in [3.8, 4) is 11.6 Å². The Kier molecular flexibility index (Phi) is 4.20. The highest BCUT2D eigenvalue weighted by Crippen LogP contribution is 2.31. The fraction of sp³-hybridized carbons (Fsp3) is 0.214. The summed E-state index contributed by atoms with van der Waals surface area (Å²) in [6, 6.07) is 6.73. The summed E-state index contributed by atoms with van der Waals surface area (Å²) in [5.74, 6) is 1.24. The number of aryl methyl sites for hydroxylation is 2. The summed E-state index contributed by atoms with van der Waals surface area (Å²) in [5, 5.41) is 10.9. The van der Waals surface area contributed by atoms with E-state index >= 15 is 0 Å². The molecule has 2 rings (SSSR count). The second kappa shape index (κ2) is 5.88. The van der Waals surface area contributed by atoms with Crippen molar-refractivity contribution in [2.75, 3.05) is 0 Å². The van der Waals surface area contributed by atoms with Gasteiger partial charge in [-0.2, -0.15) is 0 Å². The minimum absolute atomic E-state index is 0.0773. The predicted octanol–water partition coefficient (Wildman–Crippen LogP) is 4.14. The van der Waals surface area contributed by atoms with Crippen molar-refractivity contribution in [1.82, 2.24) is 4.98 Å². The van der Waals surface area contributed by atoms with Crippen LogP contribution in [0.25, 0.3) is 0 Å². The van der Waals surface area contributed by atoms with Crippen LogP contribution in [0.4, 0.5) is 5.69 Å². The highest BCUT2D eigenvalue weighted by atomic mass is 35.5. The van der Waals surface area contributed by atoms with Gasteiger partial charge in [0.05, 0.1) is 10.8 Å². The van der Waals surface area contributed by atoms with Gasteiger partial charge in [-0.05, 0) is 31.5 Å². The Bertz CT molecular complexity index is 659. The Balaban J connectivity index is 2.39. The molecule has 20 heavy (non-hydrogen) atoms. The Hall–Kier alpha value is -2.14. The molecule has 0 bridgehead atoms. The maximum absolute atomic E-state index is 10.9. The van der Waals surface area contributed by atoms with E-state index in [1.165, 1.54) is 6.07 Å². The molecular formula is C14H13ClN2O3. The third-order valence-electron chi connectivity index (χ3n) is 2.89. The Morgan fingerprint density at radius 2 is 2.10 bits per heavy atom. The molecule has 104 valence electrons. The van der Waals surface area contributed by atoms with Crippen LogP contribution in [-0.4, -0.2) is 9.91 Å². The monoisotopic (exact) mass is 292 g/mol. The van der Waals surface area contributed by atoms with Gasteiger partial charge in [0.1, 0.15) is 5.75 Å². The maximum Gasteiger partial charge on any atom is 0.272 e. The van der Waals surface area contributed by atoms with Crippen LogP contribution in [0.1, 0.15) is 16.7 Å². The van der Waals surface area contributed by atoms with Crippen molar-refractivity contribution in [2.45, 2.75) is 19.7 Å². The fourth-order valence-electron chi connectivity index (χ4n) is 1.80. The minimum Gasteiger partial charge on any atom is -0.438 e. The van der Waals surface area contributed by atoms with Gasteiger partial charge in [-0.25, -0.2) is 4.98 Å². The number of pyridine rings is 1. The van der Waals surface area contributed by atoms with E-state index in [0.717, 1.165) is 5.56 Å². The van der Waals surface area contributed by atoms with E-state index in [2.05, 4.69) is 4.98 Å². The normalized spacial score (nSPS) is 10.3. The quantitative estimate of drug-likeness (QED) is 0.482. The van der Waals surface area contributed by atoms with E-state index in [1.807, 2.05) is 6.07 Å². The molecule has 5 nitrogen and oxygen atoms in total. The molecule has 0 spiro atoms. The highest BCUT2D eigenvalue weighted by molar-refractivity contribution is 6.17. The van der Waals surface area contributed by atoms with Crippen LogP contribution < -0.4 is 4.74 Å². The second-order valence-corrected chi connectivity index (χ2v) is 4.63. The third kappa shape index (κ3) is 2.88. The molecule has 0 aliphatic rings. The molecule has 2 aromatic rings. The van der Waals surface area contributed by atoms with Crippen molar-refractivity contribution in [1.29, 1.82) is 0 Å². The highest BCUT2D eigenvalue weighted by Gasteiger charge is 2.15. The molecule has 0 saturated carbocycles. The number of nitro groups is 1. The van der Waals surface area contributed by atoms with E-state index in [9.17, 15) is 10.1 Å². The maximum atomic E-state index is 10.9. The van der Waals surface area contributed by atoms with Crippen LogP contribution in [0.2, 0.25) is 0 Å². The van der Waals surface area contributed by atoms with Gasteiger partial charge in [-0.15, -0.1) is 11.6 Å². The summed E-state index contributed by atoms with van der Waals surface area (Å²) in [7, 11) is 0. The lowest BCUT2D eigenvalue weighted by Crippen LogP contribution is -1.97. The van der Waals surface area contributed by atoms with Crippen LogP contribution in [0.5, 0.6) is 11.6 Å². The number of hydrogen-bond acceptors (Lipinski definition) is 4. The number of ether oxygens (including phenoxy) is 1. The summed E-state index contributed by atoms with van der Waals surface area (Å²) >= 11 is 5.83. The largest absolute Gasteiger partial charge is 0.438 e. The molecule has 0 aliphatic carbocycles. The van der Waals surface area contributed by atoms with Gasteiger partial charge >= 0.3 is 0 Å². The molecule has 0 fully saturated rings. The summed E-state index contributed by atoms with van der Waals surface area (Å²) in [6.07, 6.45) is 1.61. The van der Waals surface area contributed by atoms with E-state index in [1.54, 1.807) is 32.2 Å². The van der Waals surface area contributed by atoms with Crippen molar-refractivity contribution >= 4 is 17.3 Å². The molecule has 0 unspecified atom stereocenters. The number of nitro benzene ring substituents is 1. The Morgan fingerprint density at radius 3 is 2.75 bits per heavy atom. The number of rotatable bonds is 4. The van der Waals surface area contributed by atoms with Crippen LogP contribution in [0.15, 0.2) is 30.5 Å². The smallest absolute Gasteiger partial charge is 0.272 e. The summed E-state index contributed by atoms with van der Waals surface area (Å²) in [4.78, 5) is 14.6. The van der Waals surface area contributed by atoms with Crippen LogP contribution in [0.3, 0.4) is 0 Å². The number of hydrogen-bond donors (Lipinski definition) is 0. The molecule has 1 aromatic carbocycles. The van der Waals surface area contributed by atoms with E-state index in [-0.39, 0.29) is 11.6 Å². The van der Waals surface area contributed by atoms with Crippen molar-refractivity contribution in [3.05, 3.63) is 57.3 Å². The van der Waals surface area contributed by atoms with E-state index in [0.29, 0.717) is 22.8 Å². The molecule has 0 N–H and O–H groups in total. The topological polar surface area (TPSA) is 65.3 Å². The first-order chi connectivity index (χ1) is 9.52. The first-order valence-corrected chi connectivity index (χ1v) is 6.49. The summed E-state index contributed by atoms with van der Waals surface area (Å²) < 4.78 is 5.73. The molecule has 0 saturated heterocycles. The lowest BCUT2D eigenvalue weighted by Gasteiger charge is -2.11. The number of halogens is 1. The zero-order chi connectivity index (χ0) is 14.7. The van der Waals surface area contributed by atoms with Gasteiger partial charge in [-0.3, -0.25) is 10.1 Å². The first-order valence-electron chi connectivity index (χ1n) is 5.96. The molecule has 0 radical (unpaired) electrons. The van der Waals surface area contributed by atoms with E-state index < -0.39 is 4.92 Å². The SMILES string of the molecule is Cc1cc([N+](=O)[O-])c(C)cc1Oc1ncccc1CCl. The lowest BCUT2D eigenvalue weighted by molar-refractivity contribution is -0.385. The number of benzene rings is 1. The molecule has 0 amide bonds. The summed E-state index contributed by atoms with van der Waals surface area (Å²) in [6.45, 7) is 3.43. The fourth-order valence-corrected chi connectivity index (χ4v) is 2.01. The van der Waals surface area contributed by atoms with Crippen LogP contribution in [-0.2, 0) is 5.88 Å². The average molecular weight is 293 g/mol. The van der Waals surface area contributed by atoms with Crippen molar-refractivity contribution in [2.24, 2.45) is 0 Å². The van der Waals surface area contributed by atoms with Gasteiger partial charge in [0.15, 0.2) is 0 Å². The van der Waals surface area contributed by atoms with Gasteiger partial charge in [0.2, 0.25) is 5.88 Å². The third-order valence-corrected chi connectivity index (χ3v) is 3.18. The van der Waals surface area contributed by atoms with Crippen molar-refractivity contribution < 1.29 is 9.66 Å². The second-order valence-electron chi connectivity index (χ2n) is 4.36. The first kappa shape index (κ1) is 14.3. The number of nitrogens with zero attached hydrogens (tertiary/aromatic N) is 2. The molecule has 6 heteroatoms. The predicted molar refractivity (Wildman–Crippen MR) is 76.4 cm³/mol. The minimum atomic E-state index is -0.406. The van der Waals surface area contributed by atoms with Gasteiger partial charge < -0.3 is 4.74 Å². The molecule has 0 aliphatic heterocycles. The lowest BCUT2D eigenvalue weighted by atomic mass is 10.1. The molecular weight excluding hydrogens is 280 g/mol. The van der Waals surface area contributed by atoms with Gasteiger partial charge in [-0.1, -0.05) is 6.07 Å². The van der Waals surface area contributed by atoms with Gasteiger partial charge in [0, 0.05) is 23.4 Å². The summed E-state index contributed by atoms with van der Waals surface area (Å²) in [5.41, 5.74) is 2.06. The standard InChI is InChI=1S/C14H13ClN2O3/c1-9-7-13(10(2)6-12(9)17(18)19)20-14-11(8-15)4-3-5-16-14/h3-7H,8H2,1-2H3. The number of alkyl halides is 1.